The van der Waals surface area contributed by atoms with E-state index in [1.165, 1.54) is 12.1 Å². The van der Waals surface area contributed by atoms with E-state index >= 15 is 35.1 Å². The Hall–Kier alpha value is -7.05. The highest BCUT2D eigenvalue weighted by molar-refractivity contribution is 6.00. The van der Waals surface area contributed by atoms with Crippen molar-refractivity contribution in [2.24, 2.45) is 0 Å². The lowest BCUT2D eigenvalue weighted by molar-refractivity contribution is 0.381. The molecule has 300 valence electrons. The second-order valence-electron chi connectivity index (χ2n) is 12.8. The summed E-state index contributed by atoms with van der Waals surface area (Å²) in [6, 6.07) is 6.45. The van der Waals surface area contributed by atoms with Gasteiger partial charge in [0.2, 0.25) is 11.6 Å². The maximum Gasteiger partial charge on any atom is 0.200 e. The highest BCUT2D eigenvalue weighted by Gasteiger charge is 2.33. The standard InChI is InChI=1S/C40H17F14N5/c1-2-11-55-40-38(53)30(45)25(31(46)39(40)54)22-18-9-7-16(58-18)20(23-26(41)32(47)36(51)33(48)27(23)42)14-5-3-12(56-14)13-4-6-15(57-13)21(17-8-10-19(22)59-17)24-28(43)34(49)37(52)35(50)29(24)44/h2-10,55-58H,1,11H2. The van der Waals surface area contributed by atoms with Gasteiger partial charge < -0.3 is 20.3 Å². The van der Waals surface area contributed by atoms with Crippen LogP contribution in [0.2, 0.25) is 0 Å². The van der Waals surface area contributed by atoms with E-state index in [-0.39, 0.29) is 17.6 Å². The maximum absolute atomic E-state index is 16.2. The smallest absolute Gasteiger partial charge is 0.200 e. The molecule has 0 fully saturated rings. The zero-order valence-electron chi connectivity index (χ0n) is 28.8. The van der Waals surface area contributed by atoms with Gasteiger partial charge >= 0.3 is 0 Å². The van der Waals surface area contributed by atoms with Crippen molar-refractivity contribution >= 4 is 50.9 Å². The van der Waals surface area contributed by atoms with Crippen molar-refractivity contribution in [3.63, 3.8) is 0 Å². The lowest BCUT2D eigenvalue weighted by atomic mass is 10.0. The summed E-state index contributed by atoms with van der Waals surface area (Å²) in [5.41, 5.74) is -11.7. The third-order valence-corrected chi connectivity index (χ3v) is 9.43. The molecule has 0 radical (unpaired) electrons. The van der Waals surface area contributed by atoms with E-state index in [9.17, 15) is 26.3 Å². The lowest BCUT2D eigenvalue weighted by Gasteiger charge is -2.14. The third kappa shape index (κ3) is 5.81. The van der Waals surface area contributed by atoms with Crippen molar-refractivity contribution < 1.29 is 61.5 Å². The van der Waals surface area contributed by atoms with Gasteiger partial charge in [0.25, 0.3) is 0 Å². The van der Waals surface area contributed by atoms with E-state index in [1.54, 1.807) is 0 Å². The van der Waals surface area contributed by atoms with Crippen molar-refractivity contribution in [3.8, 4) is 33.4 Å². The molecule has 0 amide bonds. The number of fused-ring (bicyclic) bond motifs is 9. The van der Waals surface area contributed by atoms with Gasteiger partial charge in [-0.15, -0.1) is 6.58 Å². The first kappa shape index (κ1) is 38.8. The molecule has 8 rings (SSSR count). The summed E-state index contributed by atoms with van der Waals surface area (Å²) in [5.74, 6) is -31.9. The molecule has 5 heterocycles. The van der Waals surface area contributed by atoms with Gasteiger partial charge in [-0.2, -0.15) is 0 Å². The molecule has 4 aromatic heterocycles. The fourth-order valence-corrected chi connectivity index (χ4v) is 6.77. The minimum atomic E-state index is -2.51. The number of halogens is 14. The van der Waals surface area contributed by atoms with E-state index in [2.05, 4.69) is 31.8 Å². The van der Waals surface area contributed by atoms with Gasteiger partial charge in [0, 0.05) is 45.3 Å². The van der Waals surface area contributed by atoms with Gasteiger partial charge in [-0.1, -0.05) is 6.08 Å². The van der Waals surface area contributed by atoms with Crippen molar-refractivity contribution in [2.75, 3.05) is 11.9 Å². The summed E-state index contributed by atoms with van der Waals surface area (Å²) in [5, 5.41) is 2.10. The number of H-pyrrole nitrogens is 3. The van der Waals surface area contributed by atoms with Gasteiger partial charge in [-0.3, -0.25) is 0 Å². The van der Waals surface area contributed by atoms with Gasteiger partial charge in [-0.05, 0) is 48.6 Å². The van der Waals surface area contributed by atoms with E-state index in [0.29, 0.717) is 0 Å². The summed E-state index contributed by atoms with van der Waals surface area (Å²) in [4.78, 5) is 12.1. The van der Waals surface area contributed by atoms with Crippen LogP contribution in [0.1, 0.15) is 11.4 Å². The van der Waals surface area contributed by atoms with E-state index < -0.39 is 154 Å². The fourth-order valence-electron chi connectivity index (χ4n) is 6.77. The zero-order valence-corrected chi connectivity index (χ0v) is 28.8. The first-order valence-electron chi connectivity index (χ1n) is 16.7. The fraction of sp³-hybridized carbons (Fsp3) is 0.0250. The van der Waals surface area contributed by atoms with Gasteiger partial charge in [-0.25, -0.2) is 66.4 Å². The molecule has 5 nitrogen and oxygen atoms in total. The topological polar surface area (TPSA) is 72.3 Å². The quantitative estimate of drug-likeness (QED) is 0.0583. The van der Waals surface area contributed by atoms with Crippen LogP contribution in [-0.2, 0) is 0 Å². The van der Waals surface area contributed by atoms with Crippen molar-refractivity contribution in [1.29, 1.82) is 0 Å². The first-order chi connectivity index (χ1) is 28.1. The summed E-state index contributed by atoms with van der Waals surface area (Å²) in [6.45, 7) is 2.95. The van der Waals surface area contributed by atoms with Crippen LogP contribution in [0, 0.1) is 81.4 Å². The highest BCUT2D eigenvalue weighted by atomic mass is 19.2. The molecular weight excluding hydrogens is 816 g/mol. The minimum Gasteiger partial charge on any atom is -0.377 e. The SMILES string of the molecule is C=CCNc1c(F)c(F)c(-c2c3nc(c(-c4c(F)c(F)c(F)c(F)c4F)c4ccc([nH]4)c4ccc([nH]4)c(-c4c(F)c(F)c(F)c(F)c4F)c4ccc2[nH]4)C=C3)c(F)c1F. The predicted octanol–water partition coefficient (Wildman–Crippen LogP) is 12.2. The molecule has 19 heteroatoms. The van der Waals surface area contributed by atoms with Crippen LogP contribution in [0.25, 0.3) is 78.6 Å². The molecule has 8 bridgehead atoms. The van der Waals surface area contributed by atoms with E-state index in [0.717, 1.165) is 42.5 Å². The lowest BCUT2D eigenvalue weighted by Crippen LogP contribution is -2.09. The van der Waals surface area contributed by atoms with Crippen molar-refractivity contribution in [1.82, 2.24) is 19.9 Å². The number of hydrogen-bond acceptors (Lipinski definition) is 2. The third-order valence-electron chi connectivity index (χ3n) is 9.43. The Bertz CT molecular complexity index is 3050. The van der Waals surface area contributed by atoms with Crippen molar-refractivity contribution in [2.45, 2.75) is 0 Å². The Morgan fingerprint density at radius 2 is 0.678 bits per heavy atom. The molecule has 1 aliphatic heterocycles. The number of nitrogens with zero attached hydrogens (tertiary/aromatic N) is 1. The molecule has 59 heavy (non-hydrogen) atoms. The average molecular weight is 834 g/mol. The molecule has 0 unspecified atom stereocenters. The Labute approximate surface area is 319 Å². The van der Waals surface area contributed by atoms with Gasteiger partial charge in [0.05, 0.1) is 39.1 Å². The summed E-state index contributed by atoms with van der Waals surface area (Å²) >= 11 is 0. The van der Waals surface area contributed by atoms with Crippen molar-refractivity contribution in [3.05, 3.63) is 142 Å². The molecule has 3 aromatic carbocycles. The second kappa shape index (κ2) is 14.1. The Morgan fingerprint density at radius 1 is 0.390 bits per heavy atom. The van der Waals surface area contributed by atoms with Crippen LogP contribution in [0.3, 0.4) is 0 Å². The molecule has 4 N–H and O–H groups in total. The molecule has 0 aliphatic carbocycles. The summed E-state index contributed by atoms with van der Waals surface area (Å²) < 4.78 is 213. The largest absolute Gasteiger partial charge is 0.377 e. The minimum absolute atomic E-state index is 0.0466. The predicted molar refractivity (Wildman–Crippen MR) is 190 cm³/mol. The van der Waals surface area contributed by atoms with E-state index in [4.69, 9.17) is 0 Å². The van der Waals surface area contributed by atoms with Crippen LogP contribution in [0.4, 0.5) is 67.2 Å². The Morgan fingerprint density at radius 3 is 1.05 bits per heavy atom. The van der Waals surface area contributed by atoms with Gasteiger partial charge in [0.15, 0.2) is 69.8 Å². The van der Waals surface area contributed by atoms with Crippen LogP contribution in [0.5, 0.6) is 0 Å². The van der Waals surface area contributed by atoms with Crippen LogP contribution in [0.15, 0.2) is 49.1 Å². The van der Waals surface area contributed by atoms with Gasteiger partial charge in [0.1, 0.15) is 5.69 Å². The first-order valence-corrected chi connectivity index (χ1v) is 16.7. The second-order valence-corrected chi connectivity index (χ2v) is 12.8. The number of aromatic amines is 3. The number of rotatable bonds is 6. The van der Waals surface area contributed by atoms with E-state index in [1.807, 2.05) is 0 Å². The molecule has 7 aromatic rings. The summed E-state index contributed by atoms with van der Waals surface area (Å²) in [7, 11) is 0. The van der Waals surface area contributed by atoms with Crippen LogP contribution in [-0.4, -0.2) is 26.5 Å². The Kier molecular flexibility index (Phi) is 9.27. The number of nitrogens with one attached hydrogen (secondary N) is 4. The van der Waals surface area contributed by atoms with Crippen LogP contribution >= 0.6 is 0 Å². The average Bonchev–Trinajstić information content (AvgIpc) is 4.07. The number of anilines is 1. The van der Waals surface area contributed by atoms with Crippen LogP contribution < -0.4 is 5.32 Å². The Balaban J connectivity index is 1.63. The molecule has 1 aliphatic rings. The molecule has 0 atom stereocenters. The zero-order chi connectivity index (χ0) is 42.3. The molecule has 0 spiro atoms. The molecular formula is C40H17F14N5. The normalized spacial score (nSPS) is 12.0. The summed E-state index contributed by atoms with van der Waals surface area (Å²) in [6.07, 6.45) is 2.89. The number of aromatic nitrogens is 4. The number of benzene rings is 3. The monoisotopic (exact) mass is 833 g/mol. The number of hydrogen-bond donors (Lipinski definition) is 4. The molecule has 0 saturated heterocycles. The molecule has 0 saturated carbocycles. The highest BCUT2D eigenvalue weighted by Crippen LogP contribution is 2.43. The maximum atomic E-state index is 16.2.